The molecule has 0 amide bonds. The Labute approximate surface area is 120 Å². The van der Waals surface area contributed by atoms with Gasteiger partial charge >= 0.3 is 6.18 Å². The van der Waals surface area contributed by atoms with E-state index in [2.05, 4.69) is 0 Å². The second kappa shape index (κ2) is 6.61. The van der Waals surface area contributed by atoms with Crippen LogP contribution in [0.25, 0.3) is 0 Å². The topological polar surface area (TPSA) is 63.4 Å². The second-order valence-electron chi connectivity index (χ2n) is 4.47. The van der Waals surface area contributed by atoms with E-state index in [9.17, 15) is 26.0 Å². The lowest BCUT2D eigenvalue weighted by Crippen LogP contribution is -2.40. The summed E-state index contributed by atoms with van der Waals surface area (Å²) < 4.78 is 76.1. The SMILES string of the molecule is CCCCN(CC(F)(F)F)S(=O)(=O)c1c(N)cccc1F. The van der Waals surface area contributed by atoms with E-state index in [1.807, 2.05) is 0 Å². The first-order valence-electron chi connectivity index (χ1n) is 6.20. The fourth-order valence-corrected chi connectivity index (χ4v) is 3.37. The summed E-state index contributed by atoms with van der Waals surface area (Å²) in [4.78, 5) is -0.912. The third kappa shape index (κ3) is 4.57. The van der Waals surface area contributed by atoms with E-state index in [0.717, 1.165) is 12.1 Å². The van der Waals surface area contributed by atoms with Crippen LogP contribution in [0, 0.1) is 5.82 Å². The number of unbranched alkanes of at least 4 members (excludes halogenated alkanes) is 1. The van der Waals surface area contributed by atoms with Crippen molar-refractivity contribution in [2.75, 3.05) is 18.8 Å². The second-order valence-corrected chi connectivity index (χ2v) is 6.34. The van der Waals surface area contributed by atoms with Crippen LogP contribution in [0.5, 0.6) is 0 Å². The van der Waals surface area contributed by atoms with Crippen LogP contribution in [-0.2, 0) is 10.0 Å². The molecular weight excluding hydrogens is 312 g/mol. The summed E-state index contributed by atoms with van der Waals surface area (Å²) in [6.07, 6.45) is -4.00. The van der Waals surface area contributed by atoms with Crippen molar-refractivity contribution in [3.05, 3.63) is 24.0 Å². The summed E-state index contributed by atoms with van der Waals surface area (Å²) in [5.74, 6) is -1.17. The molecule has 0 saturated heterocycles. The van der Waals surface area contributed by atoms with Crippen LogP contribution in [0.4, 0.5) is 23.2 Å². The van der Waals surface area contributed by atoms with E-state index >= 15 is 0 Å². The number of halogens is 4. The first-order valence-corrected chi connectivity index (χ1v) is 7.64. The van der Waals surface area contributed by atoms with Gasteiger partial charge in [-0.05, 0) is 18.6 Å². The molecule has 0 aliphatic carbocycles. The molecule has 1 rings (SSSR count). The van der Waals surface area contributed by atoms with Crippen LogP contribution in [0.1, 0.15) is 19.8 Å². The largest absolute Gasteiger partial charge is 0.402 e. The summed E-state index contributed by atoms with van der Waals surface area (Å²) in [6.45, 7) is -0.328. The van der Waals surface area contributed by atoms with E-state index in [4.69, 9.17) is 5.73 Å². The Bertz CT molecular complexity index is 567. The van der Waals surface area contributed by atoms with E-state index in [-0.39, 0.29) is 17.3 Å². The molecule has 0 aliphatic heterocycles. The van der Waals surface area contributed by atoms with Crippen molar-refractivity contribution in [2.45, 2.75) is 30.8 Å². The zero-order valence-electron chi connectivity index (χ0n) is 11.3. The van der Waals surface area contributed by atoms with Gasteiger partial charge in [0.1, 0.15) is 17.3 Å². The van der Waals surface area contributed by atoms with E-state index in [1.165, 1.54) is 6.07 Å². The molecule has 0 atom stereocenters. The van der Waals surface area contributed by atoms with Crippen LogP contribution in [0.15, 0.2) is 23.1 Å². The Morgan fingerprint density at radius 3 is 2.38 bits per heavy atom. The van der Waals surface area contributed by atoms with Crippen molar-refractivity contribution in [3.63, 3.8) is 0 Å². The molecular formula is C12H16F4N2O2S. The molecule has 1 aromatic rings. The van der Waals surface area contributed by atoms with Gasteiger partial charge < -0.3 is 5.73 Å². The van der Waals surface area contributed by atoms with Crippen LogP contribution < -0.4 is 5.73 Å². The Morgan fingerprint density at radius 1 is 1.29 bits per heavy atom. The minimum absolute atomic E-state index is 0.214. The predicted octanol–water partition coefficient (Wildman–Crippen LogP) is 2.76. The summed E-state index contributed by atoms with van der Waals surface area (Å²) in [7, 11) is -4.65. The molecule has 0 aromatic heterocycles. The molecule has 0 bridgehead atoms. The number of nitrogens with zero attached hydrogens (tertiary/aromatic N) is 1. The fraction of sp³-hybridized carbons (Fsp3) is 0.500. The Kier molecular flexibility index (Phi) is 5.57. The molecule has 0 unspecified atom stereocenters. The van der Waals surface area contributed by atoms with Crippen molar-refractivity contribution in [3.8, 4) is 0 Å². The van der Waals surface area contributed by atoms with Crippen LogP contribution >= 0.6 is 0 Å². The van der Waals surface area contributed by atoms with Gasteiger partial charge in [-0.25, -0.2) is 12.8 Å². The molecule has 21 heavy (non-hydrogen) atoms. The van der Waals surface area contributed by atoms with Gasteiger partial charge in [0, 0.05) is 6.54 Å². The third-order valence-electron chi connectivity index (χ3n) is 2.71. The van der Waals surface area contributed by atoms with E-state index < -0.39 is 39.1 Å². The Morgan fingerprint density at radius 2 is 1.90 bits per heavy atom. The summed E-state index contributed by atoms with van der Waals surface area (Å²) in [5.41, 5.74) is 4.99. The van der Waals surface area contributed by atoms with Gasteiger partial charge in [-0.2, -0.15) is 17.5 Å². The number of benzene rings is 1. The molecule has 9 heteroatoms. The Balaban J connectivity index is 3.26. The maximum absolute atomic E-state index is 13.7. The number of nitrogen functional groups attached to an aromatic ring is 1. The molecule has 0 aliphatic rings. The van der Waals surface area contributed by atoms with Gasteiger partial charge in [-0.3, -0.25) is 0 Å². The van der Waals surface area contributed by atoms with Gasteiger partial charge in [-0.1, -0.05) is 19.4 Å². The fourth-order valence-electron chi connectivity index (χ4n) is 1.75. The Hall–Kier alpha value is -1.35. The number of sulfonamides is 1. The summed E-state index contributed by atoms with van der Waals surface area (Å²) in [5, 5.41) is 0. The monoisotopic (exact) mass is 328 g/mol. The molecule has 2 N–H and O–H groups in total. The number of anilines is 1. The van der Waals surface area contributed by atoms with Crippen LogP contribution in [0.2, 0.25) is 0 Å². The highest BCUT2D eigenvalue weighted by atomic mass is 32.2. The normalized spacial score (nSPS) is 12.9. The highest BCUT2D eigenvalue weighted by Gasteiger charge is 2.38. The highest BCUT2D eigenvalue weighted by molar-refractivity contribution is 7.89. The lowest BCUT2D eigenvalue weighted by Gasteiger charge is -2.24. The quantitative estimate of drug-likeness (QED) is 0.645. The average Bonchev–Trinajstić information content (AvgIpc) is 2.32. The minimum atomic E-state index is -4.72. The van der Waals surface area contributed by atoms with Crippen molar-refractivity contribution in [1.82, 2.24) is 4.31 Å². The third-order valence-corrected chi connectivity index (χ3v) is 4.65. The molecule has 0 spiro atoms. The highest BCUT2D eigenvalue weighted by Crippen LogP contribution is 2.28. The molecule has 0 saturated carbocycles. The maximum atomic E-state index is 13.7. The molecule has 0 heterocycles. The van der Waals surface area contributed by atoms with Gasteiger partial charge in [0.2, 0.25) is 10.0 Å². The number of alkyl halides is 3. The summed E-state index contributed by atoms with van der Waals surface area (Å²) >= 11 is 0. The first-order chi connectivity index (χ1) is 9.59. The number of hydrogen-bond acceptors (Lipinski definition) is 3. The minimum Gasteiger partial charge on any atom is -0.398 e. The summed E-state index contributed by atoms with van der Waals surface area (Å²) in [6, 6.07) is 3.15. The predicted molar refractivity (Wildman–Crippen MR) is 70.5 cm³/mol. The van der Waals surface area contributed by atoms with Crippen LogP contribution in [-0.4, -0.2) is 32.0 Å². The maximum Gasteiger partial charge on any atom is 0.402 e. The number of rotatable bonds is 6. The molecule has 1 aromatic carbocycles. The average molecular weight is 328 g/mol. The van der Waals surface area contributed by atoms with Gasteiger partial charge in [0.25, 0.3) is 0 Å². The van der Waals surface area contributed by atoms with E-state index in [1.54, 1.807) is 6.92 Å². The molecule has 0 fully saturated rings. The van der Waals surface area contributed by atoms with Crippen molar-refractivity contribution >= 4 is 15.7 Å². The molecule has 120 valence electrons. The van der Waals surface area contributed by atoms with Crippen LogP contribution in [0.3, 0.4) is 0 Å². The standard InChI is InChI=1S/C12H16F4N2O2S/c1-2-3-7-18(8-12(14,15)16)21(19,20)11-9(13)5-4-6-10(11)17/h4-6H,2-3,7-8,17H2,1H3. The molecule has 0 radical (unpaired) electrons. The first kappa shape index (κ1) is 17.7. The molecule has 4 nitrogen and oxygen atoms in total. The smallest absolute Gasteiger partial charge is 0.398 e. The van der Waals surface area contributed by atoms with Gasteiger partial charge in [0.15, 0.2) is 0 Å². The van der Waals surface area contributed by atoms with Crippen molar-refractivity contribution in [1.29, 1.82) is 0 Å². The van der Waals surface area contributed by atoms with Gasteiger partial charge in [-0.15, -0.1) is 0 Å². The zero-order chi connectivity index (χ0) is 16.3. The van der Waals surface area contributed by atoms with Gasteiger partial charge in [0.05, 0.1) is 5.69 Å². The zero-order valence-corrected chi connectivity index (χ0v) is 12.1. The van der Waals surface area contributed by atoms with Crippen molar-refractivity contribution < 1.29 is 26.0 Å². The van der Waals surface area contributed by atoms with E-state index in [0.29, 0.717) is 6.42 Å². The number of nitrogens with two attached hydrogens (primary N) is 1. The lowest BCUT2D eigenvalue weighted by atomic mass is 10.3. The number of hydrogen-bond donors (Lipinski definition) is 1. The lowest BCUT2D eigenvalue weighted by molar-refractivity contribution is -0.136. The van der Waals surface area contributed by atoms with Crippen molar-refractivity contribution in [2.24, 2.45) is 0 Å².